The normalized spacial score (nSPS) is 23.2. The van der Waals surface area contributed by atoms with Crippen molar-refractivity contribution >= 4 is 11.0 Å². The molecule has 3 heterocycles. The van der Waals surface area contributed by atoms with E-state index in [4.69, 9.17) is 13.9 Å². The maximum atomic E-state index is 11.8. The van der Waals surface area contributed by atoms with Gasteiger partial charge in [0.2, 0.25) is 6.73 Å². The minimum atomic E-state index is -0.288. The van der Waals surface area contributed by atoms with Gasteiger partial charge in [-0.1, -0.05) is 6.92 Å². The van der Waals surface area contributed by atoms with Crippen molar-refractivity contribution in [1.29, 1.82) is 0 Å². The third kappa shape index (κ3) is 2.72. The fourth-order valence-electron chi connectivity index (χ4n) is 3.95. The van der Waals surface area contributed by atoms with Gasteiger partial charge >= 0.3 is 5.63 Å². The van der Waals surface area contributed by atoms with Crippen LogP contribution in [0.25, 0.3) is 11.0 Å². The Morgan fingerprint density at radius 2 is 2.21 bits per heavy atom. The van der Waals surface area contributed by atoms with Crippen LogP contribution in [0.2, 0.25) is 0 Å². The van der Waals surface area contributed by atoms with Crippen LogP contribution in [0.3, 0.4) is 0 Å². The van der Waals surface area contributed by atoms with E-state index in [2.05, 4.69) is 13.0 Å². The van der Waals surface area contributed by atoms with Gasteiger partial charge in [-0.25, -0.2) is 4.79 Å². The number of aryl methyl sites for hydroxylation is 2. The second kappa shape index (κ2) is 6.22. The summed E-state index contributed by atoms with van der Waals surface area (Å²) in [6.45, 7) is 7.48. The van der Waals surface area contributed by atoms with Crippen LogP contribution in [0, 0.1) is 6.92 Å². The first-order chi connectivity index (χ1) is 11.7. The van der Waals surface area contributed by atoms with Crippen LogP contribution < -0.4 is 15.3 Å². The van der Waals surface area contributed by atoms with E-state index in [-0.39, 0.29) is 5.63 Å². The van der Waals surface area contributed by atoms with Crippen molar-refractivity contribution in [3.05, 3.63) is 39.2 Å². The Bertz CT molecular complexity index is 820. The molecule has 2 aromatic rings. The first-order valence-corrected chi connectivity index (χ1v) is 8.83. The molecule has 2 aliphatic heterocycles. The van der Waals surface area contributed by atoms with E-state index < -0.39 is 0 Å². The number of rotatable bonds is 3. The second-order valence-corrected chi connectivity index (χ2v) is 6.87. The van der Waals surface area contributed by atoms with Crippen molar-refractivity contribution in [2.45, 2.75) is 45.8 Å². The monoisotopic (exact) mass is 330 g/mol. The molecule has 1 aromatic carbocycles. The summed E-state index contributed by atoms with van der Waals surface area (Å²) < 4.78 is 17.3. The Morgan fingerprint density at radius 3 is 2.96 bits per heavy atom. The summed E-state index contributed by atoms with van der Waals surface area (Å²) in [5.41, 5.74) is 3.55. The number of nitrogens with one attached hydrogen (secondary N) is 1. The van der Waals surface area contributed by atoms with Gasteiger partial charge in [-0.2, -0.15) is 0 Å². The SMILES string of the molecule is CCc1cc(=O)oc2c(C)c3c(cc12)C[NH+](C[C@@H]1CCCO1)CO3. The molecule has 0 saturated carbocycles. The van der Waals surface area contributed by atoms with Crippen LogP contribution in [0.15, 0.2) is 21.3 Å². The quantitative estimate of drug-likeness (QED) is 0.868. The van der Waals surface area contributed by atoms with Gasteiger partial charge in [-0.05, 0) is 37.8 Å². The molecule has 1 saturated heterocycles. The van der Waals surface area contributed by atoms with E-state index in [0.717, 1.165) is 61.2 Å². The van der Waals surface area contributed by atoms with Crippen molar-refractivity contribution in [1.82, 2.24) is 0 Å². The molecule has 4 rings (SSSR count). The van der Waals surface area contributed by atoms with Crippen molar-refractivity contribution in [2.75, 3.05) is 19.9 Å². The topological polar surface area (TPSA) is 53.1 Å². The van der Waals surface area contributed by atoms with Gasteiger partial charge in [0, 0.05) is 29.2 Å². The number of quaternary nitrogens is 1. The molecule has 5 nitrogen and oxygen atoms in total. The van der Waals surface area contributed by atoms with Gasteiger partial charge in [0.15, 0.2) is 0 Å². The lowest BCUT2D eigenvalue weighted by Crippen LogP contribution is -3.13. The lowest BCUT2D eigenvalue weighted by Gasteiger charge is -2.29. The number of hydrogen-bond donors (Lipinski definition) is 1. The number of fused-ring (bicyclic) bond motifs is 2. The standard InChI is InChI=1S/C19H23NO4/c1-3-13-8-17(21)24-19-12(2)18-14(7-16(13)19)9-20(11-23-18)10-15-5-4-6-22-15/h7-8,15H,3-6,9-11H2,1-2H3/p+1/t15-/m0/s1. The fraction of sp³-hybridized carbons (Fsp3) is 0.526. The molecular formula is C19H24NO4+. The summed E-state index contributed by atoms with van der Waals surface area (Å²) in [7, 11) is 0. The summed E-state index contributed by atoms with van der Waals surface area (Å²) in [6.07, 6.45) is 3.49. The maximum absolute atomic E-state index is 11.8. The molecule has 1 fully saturated rings. The lowest BCUT2D eigenvalue weighted by atomic mass is 9.99. The molecule has 1 aromatic heterocycles. The minimum absolute atomic E-state index is 0.288. The zero-order valence-corrected chi connectivity index (χ0v) is 14.3. The highest BCUT2D eigenvalue weighted by Gasteiger charge is 2.28. The van der Waals surface area contributed by atoms with Gasteiger partial charge < -0.3 is 13.9 Å². The molecule has 2 atom stereocenters. The summed E-state index contributed by atoms with van der Waals surface area (Å²) in [4.78, 5) is 13.2. The van der Waals surface area contributed by atoms with E-state index in [1.54, 1.807) is 6.07 Å². The molecule has 1 N–H and O–H groups in total. The van der Waals surface area contributed by atoms with Crippen LogP contribution in [0.4, 0.5) is 0 Å². The van der Waals surface area contributed by atoms with Gasteiger partial charge in [0.25, 0.3) is 0 Å². The molecule has 24 heavy (non-hydrogen) atoms. The summed E-state index contributed by atoms with van der Waals surface area (Å²) >= 11 is 0. The van der Waals surface area contributed by atoms with Crippen LogP contribution in [-0.2, 0) is 17.7 Å². The average molecular weight is 330 g/mol. The molecule has 5 heteroatoms. The van der Waals surface area contributed by atoms with Crippen molar-refractivity contribution in [2.24, 2.45) is 0 Å². The van der Waals surface area contributed by atoms with Crippen molar-refractivity contribution < 1.29 is 18.8 Å². The number of benzene rings is 1. The molecule has 2 aliphatic rings. The second-order valence-electron chi connectivity index (χ2n) is 6.87. The van der Waals surface area contributed by atoms with Gasteiger partial charge in [0.1, 0.15) is 30.5 Å². The summed E-state index contributed by atoms with van der Waals surface area (Å²) in [5, 5.41) is 1.04. The van der Waals surface area contributed by atoms with Crippen LogP contribution >= 0.6 is 0 Å². The Morgan fingerprint density at radius 1 is 1.33 bits per heavy atom. The molecule has 1 unspecified atom stereocenters. The van der Waals surface area contributed by atoms with Crippen molar-refractivity contribution in [3.63, 3.8) is 0 Å². The zero-order valence-electron chi connectivity index (χ0n) is 14.3. The summed E-state index contributed by atoms with van der Waals surface area (Å²) in [6, 6.07) is 3.75. The van der Waals surface area contributed by atoms with Gasteiger partial charge in [0.05, 0.1) is 0 Å². The van der Waals surface area contributed by atoms with E-state index in [1.807, 2.05) is 6.92 Å². The highest BCUT2D eigenvalue weighted by atomic mass is 16.5. The van der Waals surface area contributed by atoms with Crippen LogP contribution in [0.1, 0.15) is 36.5 Å². The molecule has 0 spiro atoms. The first kappa shape index (κ1) is 15.7. The Hall–Kier alpha value is -1.85. The maximum Gasteiger partial charge on any atom is 0.336 e. The molecule has 0 aliphatic carbocycles. The molecular weight excluding hydrogens is 306 g/mol. The minimum Gasteiger partial charge on any atom is -0.444 e. The number of ether oxygens (including phenoxy) is 2. The predicted octanol–water partition coefficient (Wildman–Crippen LogP) is 1.58. The van der Waals surface area contributed by atoms with Crippen LogP contribution in [0.5, 0.6) is 5.75 Å². The lowest BCUT2D eigenvalue weighted by molar-refractivity contribution is -0.935. The van der Waals surface area contributed by atoms with Gasteiger partial charge in [-0.15, -0.1) is 0 Å². The van der Waals surface area contributed by atoms with E-state index in [1.165, 1.54) is 10.5 Å². The third-order valence-corrected chi connectivity index (χ3v) is 5.16. The highest BCUT2D eigenvalue weighted by molar-refractivity contribution is 5.86. The third-order valence-electron chi connectivity index (χ3n) is 5.16. The van der Waals surface area contributed by atoms with E-state index in [9.17, 15) is 4.79 Å². The number of hydrogen-bond acceptors (Lipinski definition) is 4. The van der Waals surface area contributed by atoms with Crippen molar-refractivity contribution in [3.8, 4) is 5.75 Å². The van der Waals surface area contributed by atoms with Crippen LogP contribution in [-0.4, -0.2) is 26.0 Å². The largest absolute Gasteiger partial charge is 0.444 e. The Balaban J connectivity index is 1.71. The van der Waals surface area contributed by atoms with E-state index in [0.29, 0.717) is 18.4 Å². The predicted molar refractivity (Wildman–Crippen MR) is 90.6 cm³/mol. The first-order valence-electron chi connectivity index (χ1n) is 8.83. The van der Waals surface area contributed by atoms with Gasteiger partial charge in [-0.3, -0.25) is 4.90 Å². The molecule has 0 radical (unpaired) electrons. The fourth-order valence-corrected chi connectivity index (χ4v) is 3.95. The molecule has 0 bridgehead atoms. The molecule has 0 amide bonds. The molecule has 128 valence electrons. The smallest absolute Gasteiger partial charge is 0.336 e. The van der Waals surface area contributed by atoms with E-state index >= 15 is 0 Å². The zero-order chi connectivity index (χ0) is 16.7. The Labute approximate surface area is 141 Å². The average Bonchev–Trinajstić information content (AvgIpc) is 3.08. The summed E-state index contributed by atoms with van der Waals surface area (Å²) in [5.74, 6) is 0.884. The Kier molecular flexibility index (Phi) is 4.06. The highest BCUT2D eigenvalue weighted by Crippen LogP contribution is 2.33.